The number of benzene rings is 1. The predicted octanol–water partition coefficient (Wildman–Crippen LogP) is 4.47. The van der Waals surface area contributed by atoms with Gasteiger partial charge >= 0.3 is 0 Å². The maximum Gasteiger partial charge on any atom is 0.127 e. The Bertz CT molecular complexity index is 404. The first-order valence-electron chi connectivity index (χ1n) is 7.63. The summed E-state index contributed by atoms with van der Waals surface area (Å²) in [6.45, 7) is 7.13. The van der Waals surface area contributed by atoms with Gasteiger partial charge in [0, 0.05) is 12.0 Å². The number of aryl methyl sites for hydroxylation is 2. The fourth-order valence-electron chi connectivity index (χ4n) is 3.56. The summed E-state index contributed by atoms with van der Waals surface area (Å²) in [6.07, 6.45) is 6.05. The normalized spacial score (nSPS) is 24.2. The van der Waals surface area contributed by atoms with Crippen molar-refractivity contribution < 1.29 is 4.39 Å². The van der Waals surface area contributed by atoms with Crippen LogP contribution in [-0.2, 0) is 0 Å². The van der Waals surface area contributed by atoms with E-state index >= 15 is 0 Å². The van der Waals surface area contributed by atoms with Crippen LogP contribution in [0.25, 0.3) is 0 Å². The average molecular weight is 263 g/mol. The lowest BCUT2D eigenvalue weighted by Crippen LogP contribution is -2.34. The zero-order valence-corrected chi connectivity index (χ0v) is 12.4. The summed E-state index contributed by atoms with van der Waals surface area (Å²) in [7, 11) is 0. The molecule has 0 saturated heterocycles. The third kappa shape index (κ3) is 3.36. The van der Waals surface area contributed by atoms with E-state index in [9.17, 15) is 4.39 Å². The van der Waals surface area contributed by atoms with Crippen molar-refractivity contribution in [3.8, 4) is 0 Å². The van der Waals surface area contributed by atoms with Gasteiger partial charge in [0.1, 0.15) is 5.82 Å². The van der Waals surface area contributed by atoms with Gasteiger partial charge in [-0.1, -0.05) is 32.3 Å². The highest BCUT2D eigenvalue weighted by atomic mass is 19.1. The van der Waals surface area contributed by atoms with E-state index in [0.29, 0.717) is 12.0 Å². The van der Waals surface area contributed by atoms with Crippen molar-refractivity contribution in [2.75, 3.05) is 6.54 Å². The molecular weight excluding hydrogens is 237 g/mol. The summed E-state index contributed by atoms with van der Waals surface area (Å²) in [4.78, 5) is 0. The van der Waals surface area contributed by atoms with Crippen molar-refractivity contribution >= 4 is 0 Å². The van der Waals surface area contributed by atoms with Gasteiger partial charge in [0.05, 0.1) is 0 Å². The van der Waals surface area contributed by atoms with Gasteiger partial charge in [-0.05, 0) is 56.0 Å². The highest BCUT2D eigenvalue weighted by Crippen LogP contribution is 2.35. The van der Waals surface area contributed by atoms with E-state index in [1.54, 1.807) is 6.07 Å². The molecule has 1 saturated carbocycles. The second-order valence-corrected chi connectivity index (χ2v) is 5.89. The maximum absolute atomic E-state index is 14.4. The molecule has 106 valence electrons. The quantitative estimate of drug-likeness (QED) is 0.793. The van der Waals surface area contributed by atoms with E-state index in [1.165, 1.54) is 25.7 Å². The fraction of sp³-hybridized carbons (Fsp3) is 0.647. The van der Waals surface area contributed by atoms with E-state index in [-0.39, 0.29) is 5.82 Å². The SMILES string of the molecule is CCNC1CCCCCC1c1c(C)cc(C)cc1F. The fourth-order valence-corrected chi connectivity index (χ4v) is 3.56. The zero-order chi connectivity index (χ0) is 13.8. The van der Waals surface area contributed by atoms with Crippen molar-refractivity contribution in [3.63, 3.8) is 0 Å². The van der Waals surface area contributed by atoms with Crippen molar-refractivity contribution in [1.82, 2.24) is 5.32 Å². The third-order valence-electron chi connectivity index (χ3n) is 4.33. The standard InChI is InChI=1S/C17H26FN/c1-4-19-16-9-7-5-6-8-14(16)17-13(3)10-12(2)11-15(17)18/h10-11,14,16,19H,4-9H2,1-3H3. The van der Waals surface area contributed by atoms with Gasteiger partial charge in [-0.2, -0.15) is 0 Å². The molecule has 1 aliphatic rings. The number of hydrogen-bond donors (Lipinski definition) is 1. The van der Waals surface area contributed by atoms with Crippen molar-refractivity contribution in [2.45, 2.75) is 64.8 Å². The molecule has 0 bridgehead atoms. The molecule has 1 aromatic rings. The summed E-state index contributed by atoms with van der Waals surface area (Å²) in [5.41, 5.74) is 3.10. The Balaban J connectivity index is 2.35. The zero-order valence-electron chi connectivity index (χ0n) is 12.4. The van der Waals surface area contributed by atoms with Crippen LogP contribution in [0.5, 0.6) is 0 Å². The molecule has 0 aliphatic heterocycles. The summed E-state index contributed by atoms with van der Waals surface area (Å²) in [5.74, 6) is 0.329. The summed E-state index contributed by atoms with van der Waals surface area (Å²) >= 11 is 0. The second kappa shape index (κ2) is 6.51. The van der Waals surface area contributed by atoms with Gasteiger partial charge in [-0.3, -0.25) is 0 Å². The minimum absolute atomic E-state index is 0.00713. The molecule has 0 amide bonds. The van der Waals surface area contributed by atoms with Crippen LogP contribution >= 0.6 is 0 Å². The third-order valence-corrected chi connectivity index (χ3v) is 4.33. The van der Waals surface area contributed by atoms with E-state index in [1.807, 2.05) is 6.92 Å². The van der Waals surface area contributed by atoms with Crippen molar-refractivity contribution in [3.05, 3.63) is 34.6 Å². The van der Waals surface area contributed by atoms with Crippen LogP contribution in [0.1, 0.15) is 61.6 Å². The topological polar surface area (TPSA) is 12.0 Å². The Morgan fingerprint density at radius 2 is 1.89 bits per heavy atom. The summed E-state index contributed by atoms with van der Waals surface area (Å²) in [6, 6.07) is 4.24. The average Bonchev–Trinajstić information content (AvgIpc) is 2.55. The lowest BCUT2D eigenvalue weighted by Gasteiger charge is -2.28. The van der Waals surface area contributed by atoms with Crippen LogP contribution in [0.2, 0.25) is 0 Å². The molecular formula is C17H26FN. The smallest absolute Gasteiger partial charge is 0.127 e. The van der Waals surface area contributed by atoms with Gasteiger partial charge in [-0.25, -0.2) is 4.39 Å². The Labute approximate surface area is 116 Å². The monoisotopic (exact) mass is 263 g/mol. The minimum atomic E-state index is -0.00713. The van der Waals surface area contributed by atoms with Crippen LogP contribution in [0.15, 0.2) is 12.1 Å². The second-order valence-electron chi connectivity index (χ2n) is 5.89. The lowest BCUT2D eigenvalue weighted by atomic mass is 9.84. The van der Waals surface area contributed by atoms with Gasteiger partial charge in [0.15, 0.2) is 0 Å². The van der Waals surface area contributed by atoms with Crippen LogP contribution < -0.4 is 5.32 Å². The number of likely N-dealkylation sites (N-methyl/N-ethyl adjacent to an activating group) is 1. The Morgan fingerprint density at radius 3 is 2.58 bits per heavy atom. The molecule has 2 unspecified atom stereocenters. The van der Waals surface area contributed by atoms with Gasteiger partial charge in [0.2, 0.25) is 0 Å². The summed E-state index contributed by atoms with van der Waals surface area (Å²) in [5, 5.41) is 3.58. The summed E-state index contributed by atoms with van der Waals surface area (Å²) < 4.78 is 14.4. The molecule has 1 aliphatic carbocycles. The van der Waals surface area contributed by atoms with Crippen molar-refractivity contribution in [1.29, 1.82) is 0 Å². The van der Waals surface area contributed by atoms with Crippen LogP contribution in [-0.4, -0.2) is 12.6 Å². The number of halogens is 1. The molecule has 2 heteroatoms. The first kappa shape index (κ1) is 14.5. The maximum atomic E-state index is 14.4. The minimum Gasteiger partial charge on any atom is -0.314 e. The Kier molecular flexibility index (Phi) is 4.98. The highest BCUT2D eigenvalue weighted by Gasteiger charge is 2.27. The van der Waals surface area contributed by atoms with Gasteiger partial charge in [0.25, 0.3) is 0 Å². The molecule has 2 atom stereocenters. The van der Waals surface area contributed by atoms with Crippen LogP contribution in [0.3, 0.4) is 0 Å². The van der Waals surface area contributed by atoms with E-state index in [0.717, 1.165) is 29.7 Å². The molecule has 0 aromatic heterocycles. The number of rotatable bonds is 3. The molecule has 1 nitrogen and oxygen atoms in total. The molecule has 0 radical (unpaired) electrons. The van der Waals surface area contributed by atoms with E-state index in [2.05, 4.69) is 25.2 Å². The number of nitrogens with one attached hydrogen (secondary N) is 1. The Morgan fingerprint density at radius 1 is 1.16 bits per heavy atom. The van der Waals surface area contributed by atoms with Crippen molar-refractivity contribution in [2.24, 2.45) is 0 Å². The molecule has 0 heterocycles. The largest absolute Gasteiger partial charge is 0.314 e. The molecule has 19 heavy (non-hydrogen) atoms. The molecule has 0 spiro atoms. The predicted molar refractivity (Wildman–Crippen MR) is 79.2 cm³/mol. The molecule has 1 N–H and O–H groups in total. The Hall–Kier alpha value is -0.890. The highest BCUT2D eigenvalue weighted by molar-refractivity contribution is 5.35. The van der Waals surface area contributed by atoms with Gasteiger partial charge in [-0.15, -0.1) is 0 Å². The van der Waals surface area contributed by atoms with Gasteiger partial charge < -0.3 is 5.32 Å². The lowest BCUT2D eigenvalue weighted by molar-refractivity contribution is 0.406. The molecule has 2 rings (SSSR count). The van der Waals surface area contributed by atoms with E-state index in [4.69, 9.17) is 0 Å². The number of hydrogen-bond acceptors (Lipinski definition) is 1. The van der Waals surface area contributed by atoms with Crippen LogP contribution in [0, 0.1) is 19.7 Å². The molecule has 1 fully saturated rings. The van der Waals surface area contributed by atoms with Crippen LogP contribution in [0.4, 0.5) is 4.39 Å². The first-order chi connectivity index (χ1) is 9.13. The molecule has 1 aromatic carbocycles. The first-order valence-corrected chi connectivity index (χ1v) is 7.63. The van der Waals surface area contributed by atoms with E-state index < -0.39 is 0 Å².